The van der Waals surface area contributed by atoms with Crippen LogP contribution in [-0.4, -0.2) is 74.8 Å². The van der Waals surface area contributed by atoms with Crippen molar-refractivity contribution in [2.45, 2.75) is 188 Å². The zero-order chi connectivity index (χ0) is 91.2. The summed E-state index contributed by atoms with van der Waals surface area (Å²) in [6.07, 6.45) is 1.28. The van der Waals surface area contributed by atoms with E-state index in [0.29, 0.717) is 19.8 Å². The molecule has 2 atom stereocenters. The fourth-order valence-corrected chi connectivity index (χ4v) is 24.8. The smallest absolute Gasteiger partial charge is 0.376 e. The number of alkyl halides is 8. The van der Waals surface area contributed by atoms with Crippen LogP contribution in [0.2, 0.25) is 0 Å². The van der Waals surface area contributed by atoms with E-state index in [1.807, 2.05) is 4.99 Å². The number of fused-ring (bicyclic) bond motifs is 2. The zero-order valence-electron chi connectivity index (χ0n) is 71.2. The van der Waals surface area contributed by atoms with E-state index in [0.717, 1.165) is 0 Å². The van der Waals surface area contributed by atoms with Gasteiger partial charge in [0.25, 0.3) is 10.0 Å². The Bertz CT molecular complexity index is 5190. The van der Waals surface area contributed by atoms with Gasteiger partial charge in [-0.1, -0.05) is 262 Å². The van der Waals surface area contributed by atoms with Crippen LogP contribution in [0.15, 0.2) is 420 Å². The summed E-state index contributed by atoms with van der Waals surface area (Å²) in [6.45, 7) is 17.3. The Hall–Kier alpha value is -10.3. The number of ketones is 1. The fourth-order valence-electron chi connectivity index (χ4n) is 13.9. The number of sulfonamides is 1. The minimum atomic E-state index is -5.92. The molecule has 2 aliphatic carbocycles. The maximum Gasteiger partial charge on any atom is 0.376 e. The molecule has 2 unspecified atom stereocenters. The third-order valence-electron chi connectivity index (χ3n) is 20.8. The number of hydrogen-bond donors (Lipinski definition) is 0. The highest BCUT2D eigenvalue weighted by Gasteiger charge is 2.70. The lowest BCUT2D eigenvalue weighted by Gasteiger charge is -2.35. The fraction of sp³-hybridized carbons (Fsp3) is 0.248. The third kappa shape index (κ3) is 26.0. The molecule has 12 aromatic carbocycles. The zero-order valence-corrected chi connectivity index (χ0v) is 76.1. The van der Waals surface area contributed by atoms with Crippen LogP contribution < -0.4 is 10.2 Å². The Labute approximate surface area is 741 Å². The number of Topliss-reactive ketones (excluding diaryl/α,β-unsaturated/α-hetero) is 1. The van der Waals surface area contributed by atoms with Gasteiger partial charge in [0, 0.05) is 33.1 Å². The van der Waals surface area contributed by atoms with Gasteiger partial charge in [-0.3, -0.25) is 9.59 Å². The molecular weight excluding hydrogens is 1710 g/mol. The van der Waals surface area contributed by atoms with Crippen molar-refractivity contribution in [3.05, 3.63) is 363 Å². The van der Waals surface area contributed by atoms with Gasteiger partial charge in [0.2, 0.25) is 15.7 Å². The van der Waals surface area contributed by atoms with E-state index < -0.39 is 89.8 Å². The molecule has 24 heteroatoms. The van der Waals surface area contributed by atoms with Crippen LogP contribution in [0, 0.1) is 16.7 Å². The van der Waals surface area contributed by atoms with Crippen LogP contribution in [0.3, 0.4) is 0 Å². The number of rotatable bonds is 21. The Balaban J connectivity index is 0.000000171. The Morgan fingerprint density at radius 1 is 0.392 bits per heavy atom. The highest BCUT2D eigenvalue weighted by atomic mass is 32.2. The second kappa shape index (κ2) is 42.8. The van der Waals surface area contributed by atoms with Crippen molar-refractivity contribution in [1.82, 2.24) is 0 Å². The standard InChI is InChI=1S/2C22H23S.2C18H15S.C14H21F2NO6S2.C7H7F6NO2/c2*1-22(2,3)18-14-16-21(17-15-18)23(19-10-6-4-7-11-19)20-12-8-5-9-13-20;2*1-4-10-16(11-5-1)19(17-12-6-2-7-13-17)18-14-8-3-9-15-18;1-12(2)9-4-5-14(12,10(18)6-9)8-25(22,23)17-11(19)7-24(20,21)13(3,15)16;1-3(15)14-4(16)6(10,11)7(12,13)5(2,8)9/h2*4-17H,1-3H3;2*1-15H;9H,4-8H2,1-3H3,(H,17,19);1-2H3,(H,14,15,16)/q4*+1;;/p-2. The largest absolute Gasteiger partial charge is 0.860 e. The van der Waals surface area contributed by atoms with Crippen LogP contribution >= 0.6 is 0 Å². The molecule has 1 amide bonds. The average Bonchev–Trinajstić information content (AvgIpc) is 1.55. The van der Waals surface area contributed by atoms with E-state index in [9.17, 15) is 71.8 Å². The number of hydrogen-bond acceptors (Lipinski definition) is 8. The first-order chi connectivity index (χ1) is 58.9. The quantitative estimate of drug-likeness (QED) is 0.0296. The average molecular weight is 1820 g/mol. The van der Waals surface area contributed by atoms with E-state index in [4.69, 9.17) is 0 Å². The Morgan fingerprint density at radius 3 is 0.808 bits per heavy atom. The van der Waals surface area contributed by atoms with Crippen LogP contribution in [0.1, 0.15) is 107 Å². The Kier molecular flexibility index (Phi) is 33.7. The summed E-state index contributed by atoms with van der Waals surface area (Å²) in [5.41, 5.74) is 1.39. The minimum Gasteiger partial charge on any atom is -0.860 e. The topological polar surface area (TPSA) is 173 Å². The highest BCUT2D eigenvalue weighted by Crippen LogP contribution is 2.64. The van der Waals surface area contributed by atoms with Gasteiger partial charge in [-0.2, -0.15) is 39.5 Å². The minimum absolute atomic E-state index is 0.0146. The first kappa shape index (κ1) is 98.5. The highest BCUT2D eigenvalue weighted by molar-refractivity contribution is 7.98. The number of carbonyl (C=O) groups excluding carboxylic acids is 2. The molecule has 12 aromatic rings. The molecule has 2 aliphatic rings. The van der Waals surface area contributed by atoms with E-state index in [1.165, 1.54) is 69.9 Å². The maximum atomic E-state index is 12.9. The normalized spacial score (nSPS) is 15.4. The van der Waals surface area contributed by atoms with Crippen LogP contribution in [-0.2, 0) is 83.9 Å². The van der Waals surface area contributed by atoms with Gasteiger partial charge in [0.05, 0.1) is 60.5 Å². The van der Waals surface area contributed by atoms with Crippen molar-refractivity contribution in [1.29, 1.82) is 0 Å². The number of amides is 1. The van der Waals surface area contributed by atoms with Gasteiger partial charge in [-0.05, 0) is 198 Å². The van der Waals surface area contributed by atoms with Crippen LogP contribution in [0.25, 0.3) is 0 Å². The molecule has 654 valence electrons. The lowest BCUT2D eigenvalue weighted by atomic mass is 9.70. The number of aliphatic imine (C=N–C) groups is 1. The predicted octanol–water partition coefficient (Wildman–Crippen LogP) is 23.4. The number of nitrogens with zero attached hydrogens (tertiary/aromatic N) is 2. The van der Waals surface area contributed by atoms with Crippen molar-refractivity contribution in [2.24, 2.45) is 26.1 Å². The molecule has 0 spiro atoms. The molecule has 2 fully saturated rings. The summed E-state index contributed by atoms with van der Waals surface area (Å²) >= 11 is 0. The first-order valence-electron chi connectivity index (χ1n) is 40.1. The Morgan fingerprint density at radius 2 is 0.624 bits per heavy atom. The number of benzene rings is 12. The lowest BCUT2D eigenvalue weighted by Crippen LogP contribution is -2.60. The molecule has 0 aromatic heterocycles. The van der Waals surface area contributed by atoms with Gasteiger partial charge >= 0.3 is 23.0 Å². The summed E-state index contributed by atoms with van der Waals surface area (Å²) in [7, 11) is -9.76. The number of carbonyl (C=O) groups is 2. The molecule has 0 saturated heterocycles. The molecular formula is C101H102F8N2O8S6+2. The van der Waals surface area contributed by atoms with Crippen molar-refractivity contribution >= 4 is 86.9 Å². The second-order valence-corrected chi connectivity index (χ2v) is 44.3. The lowest BCUT2D eigenvalue weighted by molar-refractivity contribution is -0.318. The third-order valence-corrected chi connectivity index (χ3v) is 32.8. The van der Waals surface area contributed by atoms with Crippen molar-refractivity contribution in [2.75, 3.05) is 11.5 Å². The predicted molar refractivity (Wildman–Crippen MR) is 486 cm³/mol. The summed E-state index contributed by atoms with van der Waals surface area (Å²) in [5.74, 6) is -25.4. The maximum absolute atomic E-state index is 12.9. The monoisotopic (exact) mass is 1810 g/mol. The summed E-state index contributed by atoms with van der Waals surface area (Å²) in [5, 5.41) is 17.8. The molecule has 14 rings (SSSR count). The van der Waals surface area contributed by atoms with Gasteiger partial charge in [-0.15, -0.1) is 0 Å². The number of sulfone groups is 1. The molecule has 2 bridgehead atoms. The molecule has 10 nitrogen and oxygen atoms in total. The molecule has 0 heterocycles. The second-order valence-electron chi connectivity index (χ2n) is 32.3. The van der Waals surface area contributed by atoms with Crippen molar-refractivity contribution < 1.29 is 71.8 Å². The van der Waals surface area contributed by atoms with Crippen molar-refractivity contribution in [3.8, 4) is 0 Å². The molecule has 0 aliphatic heterocycles. The van der Waals surface area contributed by atoms with E-state index in [-0.39, 0.29) is 79.5 Å². The van der Waals surface area contributed by atoms with E-state index in [1.54, 1.807) is 13.8 Å². The van der Waals surface area contributed by atoms with Crippen LogP contribution in [0.4, 0.5) is 35.1 Å². The van der Waals surface area contributed by atoms with Gasteiger partial charge in [0.1, 0.15) is 5.78 Å². The molecule has 0 N–H and O–H groups in total. The summed E-state index contributed by atoms with van der Waals surface area (Å²) in [6, 6.07) is 126. The van der Waals surface area contributed by atoms with Gasteiger partial charge in [-0.25, -0.2) is 21.8 Å². The molecule has 2 saturated carbocycles. The molecule has 125 heavy (non-hydrogen) atoms. The molecule has 0 radical (unpaired) electrons. The van der Waals surface area contributed by atoms with Crippen molar-refractivity contribution in [3.63, 3.8) is 0 Å². The van der Waals surface area contributed by atoms with E-state index >= 15 is 0 Å². The first-order valence-corrected chi connectivity index (χ1v) is 48.3. The van der Waals surface area contributed by atoms with Gasteiger partial charge in [0.15, 0.2) is 58.7 Å². The SMILES string of the molecule is CC(=O)N=C([O-])C(F)(F)C(F)(F)C(C)(F)F.CC(C)(C)c1ccc([S+](c2ccccc2)c2ccccc2)cc1.CC(C)(C)c1ccc([S+](c2ccccc2)c2ccccc2)cc1.CC1(C)C2CCC1(CS(=O)(=O)N=C([O-])CS(=O)(=O)C(C)(F)F)C(=O)C2.c1ccc([S+](c2ccccc2)c2ccccc2)cc1.c1ccc([S+](c2ccccc2)c2ccccc2)cc1. The summed E-state index contributed by atoms with van der Waals surface area (Å²) in [4.78, 5) is 40.8. The van der Waals surface area contributed by atoms with Gasteiger partial charge < -0.3 is 10.2 Å². The summed E-state index contributed by atoms with van der Waals surface area (Å²) < 4.78 is 150. The number of halogens is 8. The van der Waals surface area contributed by atoms with Crippen LogP contribution in [0.5, 0.6) is 0 Å². The van der Waals surface area contributed by atoms with E-state index in [2.05, 4.69) is 398 Å².